The number of rotatable bonds is 5. The average Bonchev–Trinajstić information content (AvgIpc) is 2.09. The van der Waals surface area contributed by atoms with E-state index in [4.69, 9.17) is 34.8 Å². The minimum absolute atomic E-state index is 0.441. The van der Waals surface area contributed by atoms with Crippen LogP contribution < -0.4 is 0 Å². The maximum absolute atomic E-state index is 11.0. The third kappa shape index (κ3) is 6.07. The molecule has 0 aliphatic rings. The first-order chi connectivity index (χ1) is 6.40. The van der Waals surface area contributed by atoms with Gasteiger partial charge in [0.15, 0.2) is 0 Å². The molecule has 1 atom stereocenters. The van der Waals surface area contributed by atoms with E-state index in [1.165, 1.54) is 0 Å². The molecule has 7 heteroatoms. The zero-order valence-electron chi connectivity index (χ0n) is 6.84. The third-order valence-corrected chi connectivity index (χ3v) is 1.33. The van der Waals surface area contributed by atoms with Crippen LogP contribution >= 0.6 is 34.8 Å². The van der Waals surface area contributed by atoms with Crippen LogP contribution in [0.15, 0.2) is 12.7 Å². The summed E-state index contributed by atoms with van der Waals surface area (Å²) in [4.78, 5) is 20.8. The maximum Gasteiger partial charge on any atom is 0.418 e. The quantitative estimate of drug-likeness (QED) is 0.427. The molecule has 4 nitrogen and oxygen atoms in total. The van der Waals surface area contributed by atoms with E-state index in [0.29, 0.717) is 0 Å². The zero-order chi connectivity index (χ0) is 11.2. The summed E-state index contributed by atoms with van der Waals surface area (Å²) in [6, 6.07) is 0. The number of hydrogen-bond donors (Lipinski definition) is 0. The molecule has 79 valence electrons. The fraction of sp³-hybridized carbons (Fsp3) is 0.429. The number of alkyl halides is 3. The molecule has 0 bridgehead atoms. The molecule has 0 rings (SSSR count). The minimum Gasteiger partial charge on any atom is -0.458 e. The molecule has 0 saturated carbocycles. The van der Waals surface area contributed by atoms with Gasteiger partial charge in [-0.2, -0.15) is 0 Å². The Bertz CT molecular complexity index is 223. The van der Waals surface area contributed by atoms with Crippen LogP contribution in [0, 0.1) is 0 Å². The van der Waals surface area contributed by atoms with Crippen molar-refractivity contribution in [3.63, 3.8) is 0 Å². The van der Waals surface area contributed by atoms with Gasteiger partial charge in [-0.3, -0.25) is 0 Å². The second-order valence-corrected chi connectivity index (χ2v) is 4.60. The molecule has 0 aromatic carbocycles. The molecule has 0 amide bonds. The van der Waals surface area contributed by atoms with Crippen LogP contribution in [0.4, 0.5) is 0 Å². The van der Waals surface area contributed by atoms with Gasteiger partial charge in [-0.15, -0.1) is 0 Å². The first-order valence-electron chi connectivity index (χ1n) is 3.29. The normalized spacial score (nSPS) is 12.8. The summed E-state index contributed by atoms with van der Waals surface area (Å²) < 4.78 is 6.99. The van der Waals surface area contributed by atoms with Crippen molar-refractivity contribution in [1.29, 1.82) is 0 Å². The van der Waals surface area contributed by atoms with Crippen LogP contribution in [-0.2, 0) is 19.1 Å². The Hall–Kier alpha value is -0.450. The molecule has 0 heterocycles. The number of carbonyl (C=O) groups excluding carboxylic acids is 2. The third-order valence-electron chi connectivity index (χ3n) is 1.000. The highest BCUT2D eigenvalue weighted by atomic mass is 35.6. The number of esters is 1. The second-order valence-electron chi connectivity index (χ2n) is 2.08. The highest BCUT2D eigenvalue weighted by molar-refractivity contribution is 6.67. The van der Waals surface area contributed by atoms with E-state index < -0.39 is 22.5 Å². The molecule has 0 spiro atoms. The van der Waals surface area contributed by atoms with Gasteiger partial charge in [-0.1, -0.05) is 41.4 Å². The average molecular weight is 260 g/mol. The molecule has 0 fully saturated rings. The Morgan fingerprint density at radius 1 is 1.57 bits per heavy atom. The fourth-order valence-electron chi connectivity index (χ4n) is 0.479. The van der Waals surface area contributed by atoms with E-state index in [1.807, 2.05) is 0 Å². The fourth-order valence-corrected chi connectivity index (χ4v) is 0.643. The lowest BCUT2D eigenvalue weighted by atomic mass is 10.3. The van der Waals surface area contributed by atoms with Crippen LogP contribution in [0.3, 0.4) is 0 Å². The van der Waals surface area contributed by atoms with Gasteiger partial charge >= 0.3 is 12.4 Å². The van der Waals surface area contributed by atoms with Gasteiger partial charge in [0.05, 0.1) is 0 Å². The molecule has 0 aromatic heterocycles. The predicted octanol–water partition coefficient (Wildman–Crippen LogP) is 1.54. The van der Waals surface area contributed by atoms with Crippen LogP contribution in [0.1, 0.15) is 0 Å². The summed E-state index contributed by atoms with van der Waals surface area (Å²) in [6.07, 6.45) is -0.175. The first kappa shape index (κ1) is 13.5. The summed E-state index contributed by atoms with van der Waals surface area (Å²) in [5, 5.41) is 0. The lowest BCUT2D eigenvalue weighted by molar-refractivity contribution is -0.150. The van der Waals surface area contributed by atoms with Gasteiger partial charge in [0.25, 0.3) is 0 Å². The number of halogens is 3. The van der Waals surface area contributed by atoms with E-state index in [1.54, 1.807) is 0 Å². The Morgan fingerprint density at radius 3 is 2.50 bits per heavy atom. The topological polar surface area (TPSA) is 52.6 Å². The van der Waals surface area contributed by atoms with Crippen molar-refractivity contribution in [2.75, 3.05) is 6.61 Å². The molecule has 14 heavy (non-hydrogen) atoms. The maximum atomic E-state index is 11.0. The Labute approximate surface area is 95.7 Å². The van der Waals surface area contributed by atoms with Crippen molar-refractivity contribution in [1.82, 2.24) is 0 Å². The molecular weight excluding hydrogens is 254 g/mol. The van der Waals surface area contributed by atoms with Crippen molar-refractivity contribution in [2.45, 2.75) is 9.90 Å². The number of hydrogen-bond acceptors (Lipinski definition) is 4. The molecule has 0 aliphatic heterocycles. The Morgan fingerprint density at radius 2 is 2.14 bits per heavy atom. The van der Waals surface area contributed by atoms with E-state index >= 15 is 0 Å². The lowest BCUT2D eigenvalue weighted by Gasteiger charge is -2.13. The Kier molecular flexibility index (Phi) is 5.92. The largest absolute Gasteiger partial charge is 0.458 e. The van der Waals surface area contributed by atoms with Crippen molar-refractivity contribution >= 4 is 47.2 Å². The van der Waals surface area contributed by atoms with Gasteiger partial charge in [-0.25, -0.2) is 9.59 Å². The predicted molar refractivity (Wildman–Crippen MR) is 52.0 cm³/mol. The van der Waals surface area contributed by atoms with Gasteiger partial charge in [0.1, 0.15) is 6.61 Å². The van der Waals surface area contributed by atoms with Gasteiger partial charge in [0.2, 0.25) is 9.90 Å². The minimum atomic E-state index is -1.70. The van der Waals surface area contributed by atoms with Gasteiger partial charge < -0.3 is 9.47 Å². The standard InChI is InChI=1S/C7H6Cl3O4/c1-2-5(14-4-11)6(12)13-3-7(8,9)10/h2,5H,1,3H2. The van der Waals surface area contributed by atoms with E-state index in [0.717, 1.165) is 12.5 Å². The highest BCUT2D eigenvalue weighted by Gasteiger charge is 2.25. The molecule has 0 aliphatic carbocycles. The van der Waals surface area contributed by atoms with E-state index in [2.05, 4.69) is 16.1 Å². The van der Waals surface area contributed by atoms with Crippen LogP contribution in [0.5, 0.6) is 0 Å². The molecule has 0 saturated heterocycles. The summed E-state index contributed by atoms with van der Waals surface area (Å²) in [6.45, 7) is 3.88. The zero-order valence-corrected chi connectivity index (χ0v) is 9.10. The molecular formula is C7H6Cl3O4. The van der Waals surface area contributed by atoms with Crippen molar-refractivity contribution in [2.24, 2.45) is 0 Å². The first-order valence-corrected chi connectivity index (χ1v) is 4.43. The Balaban J connectivity index is 4.05. The SMILES string of the molecule is C=CC(O[C]=O)C(=O)OCC(Cl)(Cl)Cl. The second kappa shape index (κ2) is 6.11. The smallest absolute Gasteiger partial charge is 0.418 e. The number of carbonyl (C=O) groups is 1. The van der Waals surface area contributed by atoms with Crippen molar-refractivity contribution in [3.05, 3.63) is 12.7 Å². The lowest BCUT2D eigenvalue weighted by Crippen LogP contribution is -2.27. The summed E-state index contributed by atoms with van der Waals surface area (Å²) in [5.41, 5.74) is 0. The summed E-state index contributed by atoms with van der Waals surface area (Å²) in [5.74, 6) is -0.880. The van der Waals surface area contributed by atoms with Crippen LogP contribution in [0.25, 0.3) is 0 Å². The van der Waals surface area contributed by atoms with E-state index in [-0.39, 0.29) is 0 Å². The van der Waals surface area contributed by atoms with Gasteiger partial charge in [0, 0.05) is 0 Å². The van der Waals surface area contributed by atoms with Crippen LogP contribution in [0.2, 0.25) is 0 Å². The molecule has 0 aromatic rings. The monoisotopic (exact) mass is 259 g/mol. The summed E-state index contributed by atoms with van der Waals surface area (Å²) >= 11 is 15.9. The van der Waals surface area contributed by atoms with Crippen LogP contribution in [-0.4, -0.2) is 28.9 Å². The van der Waals surface area contributed by atoms with Crippen molar-refractivity contribution < 1.29 is 19.1 Å². The number of ether oxygens (including phenoxy) is 2. The summed E-state index contributed by atoms with van der Waals surface area (Å²) in [7, 11) is 0. The van der Waals surface area contributed by atoms with E-state index in [9.17, 15) is 9.59 Å². The molecule has 1 unspecified atom stereocenters. The van der Waals surface area contributed by atoms with Crippen molar-refractivity contribution in [3.8, 4) is 0 Å². The highest BCUT2D eigenvalue weighted by Crippen LogP contribution is 2.26. The van der Waals surface area contributed by atoms with Gasteiger partial charge in [-0.05, 0) is 6.08 Å². The molecule has 1 radical (unpaired) electrons. The molecule has 0 N–H and O–H groups in total.